The minimum absolute atomic E-state index is 0.160. The van der Waals surface area contributed by atoms with E-state index in [9.17, 15) is 25.9 Å². The van der Waals surface area contributed by atoms with E-state index in [0.717, 1.165) is 57.1 Å². The van der Waals surface area contributed by atoms with Crippen molar-refractivity contribution in [2.45, 2.75) is 57.3 Å². The fraction of sp³-hybridized carbons (Fsp3) is 0.231. The van der Waals surface area contributed by atoms with Gasteiger partial charge < -0.3 is 9.80 Å². The Morgan fingerprint density at radius 1 is 0.510 bits per heavy atom. The number of anilines is 4. The average molecular weight is 699 g/mol. The van der Waals surface area contributed by atoms with Crippen LogP contribution in [0.25, 0.3) is 0 Å². The number of hydrogen-bond acceptors (Lipinski definition) is 6. The van der Waals surface area contributed by atoms with Gasteiger partial charge in [-0.3, -0.25) is 9.11 Å². The van der Waals surface area contributed by atoms with Gasteiger partial charge in [0.05, 0.1) is 9.79 Å². The molecule has 0 unspecified atom stereocenters. The molecule has 0 aliphatic rings. The molecular weight excluding hydrogens is 657 g/mol. The monoisotopic (exact) mass is 698 g/mol. The van der Waals surface area contributed by atoms with Crippen molar-refractivity contribution >= 4 is 43.0 Å². The first-order chi connectivity index (χ1) is 22.9. The molecule has 2 N–H and O–H groups in total. The predicted octanol–water partition coefficient (Wildman–Crippen LogP) is 8.75. The van der Waals surface area contributed by atoms with Crippen LogP contribution < -0.4 is 9.80 Å². The summed E-state index contributed by atoms with van der Waals surface area (Å²) in [6.45, 7) is 12.4. The zero-order valence-electron chi connectivity index (χ0n) is 29.0. The van der Waals surface area contributed by atoms with Crippen molar-refractivity contribution in [1.82, 2.24) is 0 Å². The summed E-state index contributed by atoms with van der Waals surface area (Å²) in [6, 6.07) is 27.2. The van der Waals surface area contributed by atoms with Crippen LogP contribution in [0, 0.1) is 41.5 Å². The summed E-state index contributed by atoms with van der Waals surface area (Å²) >= 11 is 0. The van der Waals surface area contributed by atoms with Gasteiger partial charge in [-0.1, -0.05) is 65.7 Å². The van der Waals surface area contributed by atoms with Crippen molar-refractivity contribution in [3.63, 3.8) is 0 Å². The summed E-state index contributed by atoms with van der Waals surface area (Å²) in [4.78, 5) is 2.97. The number of aryl methyl sites for hydroxylation is 6. The maximum Gasteiger partial charge on any atom is 0.294 e. The fourth-order valence-electron chi connectivity index (χ4n) is 7.13. The Morgan fingerprint density at radius 2 is 0.878 bits per heavy atom. The third-order valence-electron chi connectivity index (χ3n) is 9.04. The summed E-state index contributed by atoms with van der Waals surface area (Å²) in [5.41, 5.74) is 12.5. The smallest absolute Gasteiger partial charge is 0.294 e. The average Bonchev–Trinajstić information content (AvgIpc) is 3.00. The Hall–Kier alpha value is -4.48. The van der Waals surface area contributed by atoms with Gasteiger partial charge in [-0.05, 0) is 117 Å². The van der Waals surface area contributed by atoms with Gasteiger partial charge in [0, 0.05) is 42.8 Å². The van der Waals surface area contributed by atoms with E-state index in [4.69, 9.17) is 0 Å². The molecule has 0 heterocycles. The molecule has 0 spiro atoms. The van der Waals surface area contributed by atoms with Crippen molar-refractivity contribution in [2.75, 3.05) is 23.9 Å². The number of benzene rings is 5. The van der Waals surface area contributed by atoms with Gasteiger partial charge in [-0.15, -0.1) is 0 Å². The van der Waals surface area contributed by atoms with E-state index < -0.39 is 35.9 Å². The van der Waals surface area contributed by atoms with Crippen LogP contribution in [0.15, 0.2) is 101 Å². The Kier molecular flexibility index (Phi) is 9.82. The molecule has 10 heteroatoms. The number of rotatable bonds is 9. The molecule has 0 radical (unpaired) electrons. The van der Waals surface area contributed by atoms with Crippen molar-refractivity contribution < 1.29 is 25.9 Å². The van der Waals surface area contributed by atoms with Crippen molar-refractivity contribution in [2.24, 2.45) is 0 Å². The van der Waals surface area contributed by atoms with Crippen LogP contribution in [-0.4, -0.2) is 40.0 Å². The Balaban J connectivity index is 1.64. The molecule has 0 atom stereocenters. The first-order valence-electron chi connectivity index (χ1n) is 15.8. The first kappa shape index (κ1) is 35.8. The molecule has 0 aliphatic heterocycles. The van der Waals surface area contributed by atoms with E-state index in [2.05, 4.69) is 75.6 Å². The second-order valence-electron chi connectivity index (χ2n) is 12.9. The first-order valence-corrected chi connectivity index (χ1v) is 18.7. The zero-order valence-corrected chi connectivity index (χ0v) is 30.6. The highest BCUT2D eigenvalue weighted by Gasteiger charge is 2.28. The zero-order chi connectivity index (χ0) is 36.0. The van der Waals surface area contributed by atoms with Gasteiger partial charge in [-0.25, -0.2) is 0 Å². The second kappa shape index (κ2) is 13.4. The van der Waals surface area contributed by atoms with E-state index in [0.29, 0.717) is 11.1 Å². The molecule has 8 nitrogen and oxygen atoms in total. The van der Waals surface area contributed by atoms with Crippen LogP contribution in [0.3, 0.4) is 0 Å². The third-order valence-corrected chi connectivity index (χ3v) is 10.8. The van der Waals surface area contributed by atoms with E-state index in [1.165, 1.54) is 17.2 Å². The molecule has 5 aromatic carbocycles. The standard InChI is InChI=1S/C39H42N2O6S2/c1-24-19-26(3)38(27(4)20-24)40(7)32-13-9-30(10-14-32)37(35-18-17-34(48(42,43)44)23-36(35)49(45,46)47)31-11-15-33(16-12-31)41(8)39-28(5)21-25(2)22-29(39)6/h9-23,37H,1-8H3,(H,42,43,44)(H,45,46,47). The minimum atomic E-state index is -4.91. The van der Waals surface area contributed by atoms with Gasteiger partial charge >= 0.3 is 0 Å². The largest absolute Gasteiger partial charge is 0.344 e. The molecular formula is C39H42N2O6S2. The third kappa shape index (κ3) is 7.43. The summed E-state index contributed by atoms with van der Waals surface area (Å²) in [7, 11) is -5.67. The Labute approximate surface area is 290 Å². The Morgan fingerprint density at radius 3 is 1.20 bits per heavy atom. The van der Waals surface area contributed by atoms with Gasteiger partial charge in [0.2, 0.25) is 0 Å². The van der Waals surface area contributed by atoms with Crippen LogP contribution in [0.4, 0.5) is 22.7 Å². The molecule has 256 valence electrons. The van der Waals surface area contributed by atoms with Crippen LogP contribution in [0.1, 0.15) is 56.0 Å². The van der Waals surface area contributed by atoms with Crippen LogP contribution in [0.2, 0.25) is 0 Å². The second-order valence-corrected chi connectivity index (χ2v) is 15.7. The van der Waals surface area contributed by atoms with Gasteiger partial charge in [0.25, 0.3) is 20.2 Å². The quantitative estimate of drug-likeness (QED) is 0.116. The molecule has 0 fully saturated rings. The lowest BCUT2D eigenvalue weighted by Gasteiger charge is -2.27. The highest BCUT2D eigenvalue weighted by atomic mass is 32.2. The SMILES string of the molecule is Cc1cc(C)c(N(C)c2ccc(C(c3ccc(N(C)c4c(C)cc(C)cc4C)cc3)c3ccc(S(=O)(=O)O)cc3S(=O)(=O)O)cc2)c(C)c1. The van der Waals surface area contributed by atoms with Gasteiger partial charge in [-0.2, -0.15) is 16.8 Å². The number of hydrogen-bond donors (Lipinski definition) is 2. The van der Waals surface area contributed by atoms with Crippen LogP contribution >= 0.6 is 0 Å². The highest BCUT2D eigenvalue weighted by molar-refractivity contribution is 7.86. The van der Waals surface area contributed by atoms with Gasteiger partial charge in [0.15, 0.2) is 0 Å². The maximum atomic E-state index is 12.7. The molecule has 49 heavy (non-hydrogen) atoms. The van der Waals surface area contributed by atoms with Crippen molar-refractivity contribution in [1.29, 1.82) is 0 Å². The minimum Gasteiger partial charge on any atom is -0.344 e. The van der Waals surface area contributed by atoms with Crippen molar-refractivity contribution in [3.8, 4) is 0 Å². The molecule has 0 saturated carbocycles. The summed E-state index contributed by atoms with van der Waals surface area (Å²) in [5.74, 6) is -0.725. The lowest BCUT2D eigenvalue weighted by Crippen LogP contribution is -2.15. The molecule has 0 bridgehead atoms. The lowest BCUT2D eigenvalue weighted by molar-refractivity contribution is 0.480. The van der Waals surface area contributed by atoms with E-state index in [1.54, 1.807) is 0 Å². The van der Waals surface area contributed by atoms with Gasteiger partial charge in [0.1, 0.15) is 0 Å². The molecule has 5 aromatic rings. The maximum absolute atomic E-state index is 12.7. The molecule has 5 rings (SSSR count). The fourth-order valence-corrected chi connectivity index (χ4v) is 8.47. The number of nitrogens with zero attached hydrogens (tertiary/aromatic N) is 2. The summed E-state index contributed by atoms with van der Waals surface area (Å²) in [5, 5.41) is 0. The van der Waals surface area contributed by atoms with Crippen LogP contribution in [0.5, 0.6) is 0 Å². The predicted molar refractivity (Wildman–Crippen MR) is 197 cm³/mol. The highest BCUT2D eigenvalue weighted by Crippen LogP contribution is 2.40. The van der Waals surface area contributed by atoms with E-state index in [-0.39, 0.29) is 5.56 Å². The molecule has 0 aliphatic carbocycles. The molecule has 0 aromatic heterocycles. The van der Waals surface area contributed by atoms with Crippen LogP contribution in [-0.2, 0) is 20.2 Å². The molecule has 0 saturated heterocycles. The topological polar surface area (TPSA) is 115 Å². The summed E-state index contributed by atoms with van der Waals surface area (Å²) < 4.78 is 69.4. The van der Waals surface area contributed by atoms with E-state index in [1.807, 2.05) is 62.6 Å². The van der Waals surface area contributed by atoms with E-state index >= 15 is 0 Å². The molecule has 0 amide bonds. The normalized spacial score (nSPS) is 12.0. The summed E-state index contributed by atoms with van der Waals surface area (Å²) in [6.07, 6.45) is 0. The van der Waals surface area contributed by atoms with Crippen molar-refractivity contribution in [3.05, 3.63) is 141 Å². The lowest BCUT2D eigenvalue weighted by atomic mass is 9.85. The Bertz CT molecular complexity index is 2110.